The van der Waals surface area contributed by atoms with E-state index >= 15 is 0 Å². The molecule has 3 N–H and O–H groups in total. The Kier molecular flexibility index (Phi) is 6.30. The molecule has 0 unspecified atom stereocenters. The van der Waals surface area contributed by atoms with Gasteiger partial charge in [0.2, 0.25) is 10.0 Å². The average Bonchev–Trinajstić information content (AvgIpc) is 3.23. The maximum Gasteiger partial charge on any atom is 0.416 e. The molecule has 0 amide bonds. The molecule has 0 aliphatic carbocycles. The number of hydrogen-bond donors (Lipinski definition) is 2. The quantitative estimate of drug-likeness (QED) is 0.378. The molecule has 0 bridgehead atoms. The number of aryl methyl sites for hydroxylation is 1. The highest BCUT2D eigenvalue weighted by molar-refractivity contribution is 7.89. The van der Waals surface area contributed by atoms with Crippen LogP contribution in [0.4, 0.5) is 28.9 Å². The second-order valence-electron chi connectivity index (χ2n) is 7.63. The lowest BCUT2D eigenvalue weighted by Crippen LogP contribution is -2.17. The summed E-state index contributed by atoms with van der Waals surface area (Å²) < 4.78 is 79.3. The molecule has 8 nitrogen and oxygen atoms in total. The third-order valence-electron chi connectivity index (χ3n) is 5.16. The van der Waals surface area contributed by atoms with Gasteiger partial charge < -0.3 is 5.32 Å². The van der Waals surface area contributed by atoms with Gasteiger partial charge >= 0.3 is 6.18 Å². The third kappa shape index (κ3) is 5.15. The zero-order chi connectivity index (χ0) is 25.4. The SMILES string of the molecule is Cc1ccc(Nc2ccc(C(F)(F)F)cc2)c(-c2nnnn2Cc2ccccc2F)c1S(N)(=O)=O. The Hall–Kier alpha value is -3.84. The number of tetrazole rings is 1. The van der Waals surface area contributed by atoms with Gasteiger partial charge in [0.1, 0.15) is 5.82 Å². The average molecular weight is 506 g/mol. The van der Waals surface area contributed by atoms with Gasteiger partial charge in [-0.05, 0) is 59.3 Å². The molecular formula is C22H18F4N6O2S. The van der Waals surface area contributed by atoms with Crippen molar-refractivity contribution < 1.29 is 26.0 Å². The van der Waals surface area contributed by atoms with Gasteiger partial charge in [-0.15, -0.1) is 5.10 Å². The third-order valence-corrected chi connectivity index (χ3v) is 6.26. The van der Waals surface area contributed by atoms with Crippen LogP contribution in [0, 0.1) is 12.7 Å². The van der Waals surface area contributed by atoms with Gasteiger partial charge in [-0.2, -0.15) is 13.2 Å². The number of sulfonamides is 1. The Morgan fingerprint density at radius 2 is 1.71 bits per heavy atom. The number of halogens is 4. The topological polar surface area (TPSA) is 116 Å². The maximum absolute atomic E-state index is 14.2. The number of alkyl halides is 3. The minimum Gasteiger partial charge on any atom is -0.355 e. The number of nitrogens with one attached hydrogen (secondary N) is 1. The van der Waals surface area contributed by atoms with Crippen LogP contribution in [0.2, 0.25) is 0 Å². The standard InChI is InChI=1S/C22H18F4N6O2S/c1-13-6-11-18(28-16-9-7-15(8-10-16)22(24,25)26)19(20(13)35(27,33)34)21-29-30-31-32(21)12-14-4-2-3-5-17(14)23/h2-11,28H,12H2,1H3,(H2,27,33,34). The van der Waals surface area contributed by atoms with Crippen LogP contribution in [0.25, 0.3) is 11.4 Å². The van der Waals surface area contributed by atoms with Crippen LogP contribution in [0.5, 0.6) is 0 Å². The minimum absolute atomic E-state index is 0.00580. The lowest BCUT2D eigenvalue weighted by molar-refractivity contribution is -0.137. The first-order valence-corrected chi connectivity index (χ1v) is 11.6. The molecule has 0 atom stereocenters. The predicted molar refractivity (Wildman–Crippen MR) is 120 cm³/mol. The summed E-state index contributed by atoms with van der Waals surface area (Å²) in [6.45, 7) is 1.41. The van der Waals surface area contributed by atoms with Crippen LogP contribution in [0.15, 0.2) is 65.6 Å². The summed E-state index contributed by atoms with van der Waals surface area (Å²) in [5, 5.41) is 19.8. The smallest absolute Gasteiger partial charge is 0.355 e. The monoisotopic (exact) mass is 506 g/mol. The number of hydrogen-bond acceptors (Lipinski definition) is 6. The van der Waals surface area contributed by atoms with Crippen molar-refractivity contribution in [2.45, 2.75) is 24.5 Å². The number of nitrogens with zero attached hydrogens (tertiary/aromatic N) is 4. The van der Waals surface area contributed by atoms with E-state index in [1.54, 1.807) is 6.07 Å². The highest BCUT2D eigenvalue weighted by Gasteiger charge is 2.30. The highest BCUT2D eigenvalue weighted by Crippen LogP contribution is 2.37. The first kappa shape index (κ1) is 24.3. The molecule has 35 heavy (non-hydrogen) atoms. The van der Waals surface area contributed by atoms with Crippen LogP contribution in [0.1, 0.15) is 16.7 Å². The lowest BCUT2D eigenvalue weighted by Gasteiger charge is -2.17. The molecule has 0 aliphatic rings. The summed E-state index contributed by atoms with van der Waals surface area (Å²) in [6, 6.07) is 13.1. The Labute approximate surface area is 197 Å². The fourth-order valence-corrected chi connectivity index (χ4v) is 4.56. The zero-order valence-electron chi connectivity index (χ0n) is 18.1. The number of rotatable bonds is 6. The lowest BCUT2D eigenvalue weighted by atomic mass is 10.1. The zero-order valence-corrected chi connectivity index (χ0v) is 18.9. The van der Waals surface area contributed by atoms with Crippen molar-refractivity contribution in [3.8, 4) is 11.4 Å². The summed E-state index contributed by atoms with van der Waals surface area (Å²) in [5.41, 5.74) is 0.115. The predicted octanol–water partition coefficient (Wildman–Crippen LogP) is 4.25. The van der Waals surface area contributed by atoms with E-state index in [9.17, 15) is 26.0 Å². The highest BCUT2D eigenvalue weighted by atomic mass is 32.2. The first-order valence-electron chi connectivity index (χ1n) is 10.1. The van der Waals surface area contributed by atoms with E-state index in [4.69, 9.17) is 5.14 Å². The Morgan fingerprint density at radius 1 is 1.03 bits per heavy atom. The molecule has 13 heteroatoms. The fourth-order valence-electron chi connectivity index (χ4n) is 3.56. The van der Waals surface area contributed by atoms with Gasteiger partial charge in [0.15, 0.2) is 5.82 Å². The number of primary sulfonamides is 1. The molecule has 0 radical (unpaired) electrons. The van der Waals surface area contributed by atoms with Crippen LogP contribution >= 0.6 is 0 Å². The molecule has 0 saturated carbocycles. The van der Waals surface area contributed by atoms with Crippen LogP contribution < -0.4 is 10.5 Å². The van der Waals surface area contributed by atoms with Crippen molar-refractivity contribution >= 4 is 21.4 Å². The normalized spacial score (nSPS) is 12.1. The van der Waals surface area contributed by atoms with Crippen molar-refractivity contribution in [1.82, 2.24) is 20.2 Å². The van der Waals surface area contributed by atoms with Gasteiger partial charge in [0, 0.05) is 11.3 Å². The molecule has 182 valence electrons. The molecule has 0 fully saturated rings. The van der Waals surface area contributed by atoms with E-state index in [0.717, 1.165) is 12.1 Å². The molecule has 0 aliphatic heterocycles. The second kappa shape index (κ2) is 9.07. The van der Waals surface area contributed by atoms with Gasteiger partial charge in [-0.25, -0.2) is 22.6 Å². The van der Waals surface area contributed by atoms with Crippen molar-refractivity contribution in [2.24, 2.45) is 5.14 Å². The second-order valence-corrected chi connectivity index (χ2v) is 9.13. The van der Waals surface area contributed by atoms with E-state index in [-0.39, 0.29) is 39.8 Å². The molecule has 3 aromatic carbocycles. The number of benzene rings is 3. The first-order chi connectivity index (χ1) is 16.4. The molecule has 1 aromatic heterocycles. The molecule has 4 aromatic rings. The van der Waals surface area contributed by atoms with Gasteiger partial charge in [-0.1, -0.05) is 24.3 Å². The summed E-state index contributed by atoms with van der Waals surface area (Å²) in [4.78, 5) is -0.279. The van der Waals surface area contributed by atoms with E-state index in [1.165, 1.54) is 54.1 Å². The summed E-state index contributed by atoms with van der Waals surface area (Å²) >= 11 is 0. The maximum atomic E-state index is 14.2. The van der Waals surface area contributed by atoms with Crippen molar-refractivity contribution in [1.29, 1.82) is 0 Å². The van der Waals surface area contributed by atoms with Gasteiger partial charge in [0.05, 0.1) is 28.3 Å². The van der Waals surface area contributed by atoms with Crippen LogP contribution in [-0.2, 0) is 22.7 Å². The van der Waals surface area contributed by atoms with Crippen LogP contribution in [-0.4, -0.2) is 28.6 Å². The number of aromatic nitrogens is 4. The van der Waals surface area contributed by atoms with E-state index in [1.807, 2.05) is 0 Å². The van der Waals surface area contributed by atoms with E-state index in [0.29, 0.717) is 5.56 Å². The molecular weight excluding hydrogens is 488 g/mol. The largest absolute Gasteiger partial charge is 0.416 e. The molecule has 0 saturated heterocycles. The van der Waals surface area contributed by atoms with Gasteiger partial charge in [0.25, 0.3) is 0 Å². The summed E-state index contributed by atoms with van der Waals surface area (Å²) in [7, 11) is -4.30. The Morgan fingerprint density at radius 3 is 2.34 bits per heavy atom. The van der Waals surface area contributed by atoms with E-state index in [2.05, 4.69) is 20.8 Å². The number of nitrogens with two attached hydrogens (primary N) is 1. The van der Waals surface area contributed by atoms with Crippen molar-refractivity contribution in [3.63, 3.8) is 0 Å². The van der Waals surface area contributed by atoms with Gasteiger partial charge in [-0.3, -0.25) is 0 Å². The Balaban J connectivity index is 1.85. The Bertz CT molecular complexity index is 1480. The van der Waals surface area contributed by atoms with E-state index < -0.39 is 27.6 Å². The fraction of sp³-hybridized carbons (Fsp3) is 0.136. The molecule has 0 spiro atoms. The minimum atomic E-state index is -4.51. The molecule has 4 rings (SSSR count). The van der Waals surface area contributed by atoms with Crippen molar-refractivity contribution in [3.05, 3.63) is 83.2 Å². The molecule has 1 heterocycles. The number of anilines is 2. The van der Waals surface area contributed by atoms with Crippen molar-refractivity contribution in [2.75, 3.05) is 5.32 Å². The van der Waals surface area contributed by atoms with Crippen LogP contribution in [0.3, 0.4) is 0 Å². The summed E-state index contributed by atoms with van der Waals surface area (Å²) in [5.74, 6) is -0.539. The summed E-state index contributed by atoms with van der Waals surface area (Å²) in [6.07, 6.45) is -4.51.